The molecule has 0 unspecified atom stereocenters. The van der Waals surface area contributed by atoms with Crippen molar-refractivity contribution in [2.75, 3.05) is 37.7 Å². The van der Waals surface area contributed by atoms with Crippen LogP contribution in [0.1, 0.15) is 6.42 Å². The van der Waals surface area contributed by atoms with E-state index in [1.807, 2.05) is 30.3 Å². The molecule has 0 bridgehead atoms. The number of ether oxygens (including phenoxy) is 1. The molecule has 3 rings (SSSR count). The average molecular weight is 353 g/mol. The van der Waals surface area contributed by atoms with Crippen molar-refractivity contribution >= 4 is 28.1 Å². The molecule has 0 atom stereocenters. The first-order valence-corrected chi connectivity index (χ1v) is 8.15. The van der Waals surface area contributed by atoms with Crippen LogP contribution in [-0.4, -0.2) is 49.7 Å². The molecule has 1 aromatic carbocycles. The monoisotopic (exact) mass is 353 g/mol. The predicted molar refractivity (Wildman–Crippen MR) is 89.6 cm³/mol. The van der Waals surface area contributed by atoms with Crippen LogP contribution in [0.5, 0.6) is 0 Å². The predicted octanol–water partition coefficient (Wildman–Crippen LogP) is 2.24. The molecule has 1 fully saturated rings. The summed E-state index contributed by atoms with van der Waals surface area (Å²) < 4.78 is 42.8. The lowest BCUT2D eigenvalue weighted by atomic mass is 10.1. The molecule has 8 heteroatoms. The van der Waals surface area contributed by atoms with Gasteiger partial charge in [-0.2, -0.15) is 13.2 Å². The van der Waals surface area contributed by atoms with Crippen molar-refractivity contribution in [3.63, 3.8) is 0 Å². The van der Waals surface area contributed by atoms with Crippen molar-refractivity contribution in [2.24, 2.45) is 0 Å². The molecule has 1 aliphatic heterocycles. The molecule has 1 saturated heterocycles. The van der Waals surface area contributed by atoms with E-state index in [0.29, 0.717) is 13.2 Å². The van der Waals surface area contributed by atoms with Gasteiger partial charge in [0.15, 0.2) is 0 Å². The summed E-state index contributed by atoms with van der Waals surface area (Å²) in [6.45, 7) is 2.91. The maximum absolute atomic E-state index is 12.5. The van der Waals surface area contributed by atoms with Crippen molar-refractivity contribution < 1.29 is 23.2 Å². The van der Waals surface area contributed by atoms with Crippen LogP contribution in [-0.2, 0) is 4.74 Å². The Morgan fingerprint density at radius 1 is 1.24 bits per heavy atom. The van der Waals surface area contributed by atoms with E-state index in [0.717, 1.165) is 35.5 Å². The van der Waals surface area contributed by atoms with Gasteiger partial charge in [-0.3, -0.25) is 0 Å². The number of nitrogens with one attached hydrogen (secondary N) is 1. The summed E-state index contributed by atoms with van der Waals surface area (Å²) in [6.07, 6.45) is -4.87. The summed E-state index contributed by atoms with van der Waals surface area (Å²) in [4.78, 5) is 6.79. The molecule has 2 aromatic rings. The molecule has 2 heterocycles. The second kappa shape index (κ2) is 7.37. The SMILES string of the molecule is N=C(CC[NH2+]c1cc(N2CCOCC2)nc2ccccc12)C(F)(F)F. The molecule has 134 valence electrons. The highest BCUT2D eigenvalue weighted by molar-refractivity contribution is 5.89. The third kappa shape index (κ3) is 4.26. The van der Waals surface area contributed by atoms with Crippen molar-refractivity contribution in [3.8, 4) is 0 Å². The first-order chi connectivity index (χ1) is 11.9. The largest absolute Gasteiger partial charge is 0.429 e. The number of quaternary nitrogens is 1. The summed E-state index contributed by atoms with van der Waals surface area (Å²) in [6, 6.07) is 9.49. The van der Waals surface area contributed by atoms with Crippen LogP contribution in [0, 0.1) is 5.41 Å². The zero-order chi connectivity index (χ0) is 17.9. The van der Waals surface area contributed by atoms with Crippen LogP contribution in [0.15, 0.2) is 30.3 Å². The van der Waals surface area contributed by atoms with Crippen LogP contribution in [0.25, 0.3) is 10.9 Å². The van der Waals surface area contributed by atoms with Crippen LogP contribution in [0.4, 0.5) is 24.7 Å². The number of pyridine rings is 1. The molecule has 5 nitrogen and oxygen atoms in total. The van der Waals surface area contributed by atoms with Gasteiger partial charge in [-0.25, -0.2) is 4.98 Å². The molecule has 0 saturated carbocycles. The van der Waals surface area contributed by atoms with Crippen LogP contribution < -0.4 is 10.2 Å². The first-order valence-electron chi connectivity index (χ1n) is 8.15. The van der Waals surface area contributed by atoms with E-state index in [2.05, 4.69) is 9.88 Å². The number of aromatic nitrogens is 1. The quantitative estimate of drug-likeness (QED) is 0.811. The third-order valence-electron chi connectivity index (χ3n) is 4.17. The summed E-state index contributed by atoms with van der Waals surface area (Å²) in [5.74, 6) is 0.805. The van der Waals surface area contributed by atoms with E-state index in [1.165, 1.54) is 0 Å². The Bertz CT molecular complexity index is 757. The van der Waals surface area contributed by atoms with E-state index in [1.54, 1.807) is 5.32 Å². The number of hydrogen-bond acceptors (Lipinski definition) is 4. The third-order valence-corrected chi connectivity index (χ3v) is 4.17. The number of fused-ring (bicyclic) bond motifs is 1. The maximum atomic E-state index is 12.5. The Morgan fingerprint density at radius 2 is 1.96 bits per heavy atom. The molecule has 0 amide bonds. The molecule has 25 heavy (non-hydrogen) atoms. The van der Waals surface area contributed by atoms with E-state index >= 15 is 0 Å². The summed E-state index contributed by atoms with van der Waals surface area (Å²) >= 11 is 0. The highest BCUT2D eigenvalue weighted by Gasteiger charge is 2.33. The van der Waals surface area contributed by atoms with Gasteiger partial charge in [-0.15, -0.1) is 0 Å². The number of benzene rings is 1. The summed E-state index contributed by atoms with van der Waals surface area (Å²) in [5, 5.41) is 9.75. The van der Waals surface area contributed by atoms with Gasteiger partial charge in [0.25, 0.3) is 0 Å². The van der Waals surface area contributed by atoms with E-state index in [-0.39, 0.29) is 13.0 Å². The lowest BCUT2D eigenvalue weighted by Gasteiger charge is -2.28. The molecule has 0 radical (unpaired) electrons. The van der Waals surface area contributed by atoms with Crippen molar-refractivity contribution in [2.45, 2.75) is 12.6 Å². The van der Waals surface area contributed by atoms with Gasteiger partial charge in [-0.1, -0.05) is 12.1 Å². The molecular weight excluding hydrogens is 333 g/mol. The standard InChI is InChI=1S/C17H19F3N4O/c18-17(19,20)15(21)5-6-22-14-11-16(24-7-9-25-10-8-24)23-13-4-2-1-3-12(13)14/h1-4,11,21H,5-10H2,(H,22,23)/p+1. The lowest BCUT2D eigenvalue weighted by Crippen LogP contribution is -2.78. The number of rotatable bonds is 5. The van der Waals surface area contributed by atoms with Gasteiger partial charge in [0.1, 0.15) is 17.2 Å². The highest BCUT2D eigenvalue weighted by atomic mass is 19.4. The summed E-state index contributed by atoms with van der Waals surface area (Å²) in [7, 11) is 0. The van der Waals surface area contributed by atoms with Crippen LogP contribution >= 0.6 is 0 Å². The molecule has 1 aliphatic rings. The van der Waals surface area contributed by atoms with Gasteiger partial charge < -0.3 is 20.4 Å². The Hall–Kier alpha value is -2.19. The number of hydrogen-bond donors (Lipinski definition) is 2. The lowest BCUT2D eigenvalue weighted by molar-refractivity contribution is -0.568. The minimum atomic E-state index is -4.55. The summed E-state index contributed by atoms with van der Waals surface area (Å²) in [5.41, 5.74) is 0.459. The van der Waals surface area contributed by atoms with Crippen molar-refractivity contribution in [1.82, 2.24) is 4.98 Å². The average Bonchev–Trinajstić information content (AvgIpc) is 2.61. The Balaban J connectivity index is 1.81. The second-order valence-electron chi connectivity index (χ2n) is 5.91. The number of anilines is 1. The topological polar surface area (TPSA) is 65.8 Å². The molecule has 3 N–H and O–H groups in total. The molecule has 0 aliphatic carbocycles. The zero-order valence-electron chi connectivity index (χ0n) is 13.6. The molecular formula is C17H20F3N4O+. The number of para-hydroxylation sites is 1. The number of morpholine rings is 1. The van der Waals surface area contributed by atoms with E-state index in [9.17, 15) is 13.2 Å². The first kappa shape index (κ1) is 17.6. The normalized spacial score (nSPS) is 15.6. The van der Waals surface area contributed by atoms with E-state index in [4.69, 9.17) is 10.1 Å². The van der Waals surface area contributed by atoms with Crippen LogP contribution in [0.2, 0.25) is 0 Å². The number of nitrogens with zero attached hydrogens (tertiary/aromatic N) is 2. The number of alkyl halides is 3. The van der Waals surface area contributed by atoms with Crippen LogP contribution in [0.3, 0.4) is 0 Å². The van der Waals surface area contributed by atoms with Crippen molar-refractivity contribution in [3.05, 3.63) is 30.3 Å². The Labute approximate surface area is 143 Å². The van der Waals surface area contributed by atoms with Gasteiger partial charge in [0, 0.05) is 25.6 Å². The molecule has 0 spiro atoms. The Kier molecular flexibility index (Phi) is 5.19. The van der Waals surface area contributed by atoms with Gasteiger partial charge in [0.05, 0.1) is 30.7 Å². The minimum absolute atomic E-state index is 0.162. The maximum Gasteiger partial charge on any atom is 0.429 e. The smallest absolute Gasteiger partial charge is 0.378 e. The fourth-order valence-corrected chi connectivity index (χ4v) is 2.82. The van der Waals surface area contributed by atoms with E-state index < -0.39 is 11.9 Å². The fourth-order valence-electron chi connectivity index (χ4n) is 2.82. The van der Waals surface area contributed by atoms with Gasteiger partial charge in [-0.05, 0) is 12.1 Å². The Morgan fingerprint density at radius 3 is 2.68 bits per heavy atom. The van der Waals surface area contributed by atoms with Crippen molar-refractivity contribution in [1.29, 1.82) is 5.41 Å². The number of halogens is 3. The minimum Gasteiger partial charge on any atom is -0.378 e. The fraction of sp³-hybridized carbons (Fsp3) is 0.412. The molecule has 1 aromatic heterocycles. The second-order valence-corrected chi connectivity index (χ2v) is 5.91. The zero-order valence-corrected chi connectivity index (χ0v) is 13.6. The highest BCUT2D eigenvalue weighted by Crippen LogP contribution is 2.24. The number of nitrogens with two attached hydrogens (primary N) is 1. The van der Waals surface area contributed by atoms with Gasteiger partial charge in [0.2, 0.25) is 0 Å². The van der Waals surface area contributed by atoms with Gasteiger partial charge >= 0.3 is 6.18 Å².